The zero-order chi connectivity index (χ0) is 14.2. The van der Waals surface area contributed by atoms with Gasteiger partial charge in [0.2, 0.25) is 0 Å². The molecule has 1 aromatic carbocycles. The number of nitrogens with zero attached hydrogens (tertiary/aromatic N) is 2. The van der Waals surface area contributed by atoms with Crippen LogP contribution in [0.4, 0.5) is 4.39 Å². The summed E-state index contributed by atoms with van der Waals surface area (Å²) in [7, 11) is -1.83. The van der Waals surface area contributed by atoms with Crippen molar-refractivity contribution in [2.75, 3.05) is 0 Å². The molecule has 2 rings (SSSR count). The predicted molar refractivity (Wildman–Crippen MR) is 72.0 cm³/mol. The van der Waals surface area contributed by atoms with E-state index in [0.717, 1.165) is 11.4 Å². The quantitative estimate of drug-likeness (QED) is 0.827. The Hall–Kier alpha value is -1.37. The minimum absolute atomic E-state index is 0.148. The predicted octanol–water partition coefficient (Wildman–Crippen LogP) is 1.02. The van der Waals surface area contributed by atoms with Gasteiger partial charge in [-0.2, -0.15) is 5.10 Å². The van der Waals surface area contributed by atoms with Crippen LogP contribution in [0.25, 0.3) is 0 Å². The van der Waals surface area contributed by atoms with Gasteiger partial charge >= 0.3 is 7.12 Å². The largest absolute Gasteiger partial charge is 0.491 e. The molecule has 19 heavy (non-hydrogen) atoms. The van der Waals surface area contributed by atoms with Crippen molar-refractivity contribution in [2.45, 2.75) is 20.4 Å². The molecule has 0 aliphatic carbocycles. The number of benzene rings is 1. The standard InChI is InChI=1S/C12H13BClFN2O2/c1-7-12(14)8(2)17(16-7)6-9-3-4-11(15)10(5-9)13(18)19/h3-5,18-19H,6H2,1-2H3. The van der Waals surface area contributed by atoms with Crippen molar-refractivity contribution in [2.24, 2.45) is 0 Å². The lowest BCUT2D eigenvalue weighted by Gasteiger charge is -2.08. The van der Waals surface area contributed by atoms with Crippen molar-refractivity contribution in [1.29, 1.82) is 0 Å². The first-order valence-electron chi connectivity index (χ1n) is 5.74. The van der Waals surface area contributed by atoms with E-state index in [1.807, 2.05) is 6.92 Å². The molecule has 0 spiro atoms. The third-order valence-corrected chi connectivity index (χ3v) is 3.51. The summed E-state index contributed by atoms with van der Waals surface area (Å²) >= 11 is 6.05. The first-order valence-corrected chi connectivity index (χ1v) is 6.12. The Morgan fingerprint density at radius 2 is 2.05 bits per heavy atom. The van der Waals surface area contributed by atoms with Crippen molar-refractivity contribution >= 4 is 24.2 Å². The van der Waals surface area contributed by atoms with Crippen LogP contribution in [0.2, 0.25) is 5.02 Å². The van der Waals surface area contributed by atoms with E-state index < -0.39 is 12.9 Å². The SMILES string of the molecule is Cc1nn(Cc2ccc(F)c(B(O)O)c2)c(C)c1Cl. The lowest BCUT2D eigenvalue weighted by atomic mass is 9.79. The van der Waals surface area contributed by atoms with Gasteiger partial charge in [-0.25, -0.2) is 4.39 Å². The average molecular weight is 283 g/mol. The molecule has 0 atom stereocenters. The van der Waals surface area contributed by atoms with E-state index in [2.05, 4.69) is 5.10 Å². The molecular weight excluding hydrogens is 269 g/mol. The zero-order valence-electron chi connectivity index (χ0n) is 10.6. The Labute approximate surface area is 115 Å². The van der Waals surface area contributed by atoms with Crippen LogP contribution in [0.5, 0.6) is 0 Å². The molecule has 4 nitrogen and oxygen atoms in total. The van der Waals surface area contributed by atoms with Gasteiger partial charge in [0, 0.05) is 5.46 Å². The molecule has 1 heterocycles. The fourth-order valence-electron chi connectivity index (χ4n) is 1.89. The highest BCUT2D eigenvalue weighted by atomic mass is 35.5. The molecule has 2 aromatic rings. The Balaban J connectivity index is 2.33. The number of aromatic nitrogens is 2. The summed E-state index contributed by atoms with van der Waals surface area (Å²) in [4.78, 5) is 0. The molecule has 0 saturated heterocycles. The molecule has 0 unspecified atom stereocenters. The number of aryl methyl sites for hydroxylation is 1. The van der Waals surface area contributed by atoms with Gasteiger partial charge in [0.1, 0.15) is 5.82 Å². The monoisotopic (exact) mass is 282 g/mol. The minimum Gasteiger partial charge on any atom is -0.423 e. The summed E-state index contributed by atoms with van der Waals surface area (Å²) in [6, 6.07) is 4.19. The second-order valence-electron chi connectivity index (χ2n) is 4.37. The smallest absolute Gasteiger partial charge is 0.423 e. The molecule has 7 heteroatoms. The third kappa shape index (κ3) is 2.81. The third-order valence-electron chi connectivity index (χ3n) is 2.96. The fourth-order valence-corrected chi connectivity index (χ4v) is 2.03. The van der Waals surface area contributed by atoms with Gasteiger partial charge in [-0.05, 0) is 25.5 Å². The van der Waals surface area contributed by atoms with Crippen molar-refractivity contribution in [3.63, 3.8) is 0 Å². The second-order valence-corrected chi connectivity index (χ2v) is 4.75. The van der Waals surface area contributed by atoms with Gasteiger partial charge in [-0.15, -0.1) is 0 Å². The Bertz CT molecular complexity index is 616. The topological polar surface area (TPSA) is 58.3 Å². The maximum absolute atomic E-state index is 13.3. The van der Waals surface area contributed by atoms with Crippen LogP contribution >= 0.6 is 11.6 Å². The Morgan fingerprint density at radius 3 is 2.58 bits per heavy atom. The maximum atomic E-state index is 13.3. The van der Waals surface area contributed by atoms with Gasteiger partial charge in [-0.1, -0.05) is 23.7 Å². The van der Waals surface area contributed by atoms with E-state index in [9.17, 15) is 4.39 Å². The second kappa shape index (κ2) is 5.32. The van der Waals surface area contributed by atoms with Gasteiger partial charge in [0.05, 0.1) is 23.0 Å². The molecule has 0 aliphatic heterocycles. The maximum Gasteiger partial charge on any atom is 0.491 e. The van der Waals surface area contributed by atoms with Crippen LogP contribution in [0.1, 0.15) is 17.0 Å². The van der Waals surface area contributed by atoms with E-state index in [-0.39, 0.29) is 5.46 Å². The highest BCUT2D eigenvalue weighted by molar-refractivity contribution is 6.58. The van der Waals surface area contributed by atoms with Crippen molar-refractivity contribution in [3.8, 4) is 0 Å². The molecule has 0 amide bonds. The summed E-state index contributed by atoms with van der Waals surface area (Å²) in [5, 5.41) is 23.0. The zero-order valence-corrected chi connectivity index (χ0v) is 11.3. The first-order chi connectivity index (χ1) is 8.90. The minimum atomic E-state index is -1.83. The van der Waals surface area contributed by atoms with Gasteiger partial charge in [0.25, 0.3) is 0 Å². The fraction of sp³-hybridized carbons (Fsp3) is 0.250. The molecular formula is C12H13BClFN2O2. The van der Waals surface area contributed by atoms with Crippen LogP contribution in [0.15, 0.2) is 18.2 Å². The van der Waals surface area contributed by atoms with E-state index in [1.54, 1.807) is 17.7 Å². The Morgan fingerprint density at radius 1 is 1.37 bits per heavy atom. The number of hydrogen-bond acceptors (Lipinski definition) is 3. The summed E-state index contributed by atoms with van der Waals surface area (Å²) < 4.78 is 15.0. The van der Waals surface area contributed by atoms with Crippen molar-refractivity contribution < 1.29 is 14.4 Å². The molecule has 2 N–H and O–H groups in total. The molecule has 0 aliphatic rings. The lowest BCUT2D eigenvalue weighted by Crippen LogP contribution is -2.33. The molecule has 0 fully saturated rings. The van der Waals surface area contributed by atoms with Gasteiger partial charge < -0.3 is 10.0 Å². The van der Waals surface area contributed by atoms with Crippen LogP contribution in [0.3, 0.4) is 0 Å². The van der Waals surface area contributed by atoms with E-state index in [4.69, 9.17) is 21.6 Å². The average Bonchev–Trinajstić information content (AvgIpc) is 2.59. The van der Waals surface area contributed by atoms with E-state index in [0.29, 0.717) is 17.1 Å². The Kier molecular flexibility index (Phi) is 3.94. The number of halogens is 2. The van der Waals surface area contributed by atoms with Crippen LogP contribution < -0.4 is 5.46 Å². The molecule has 1 aromatic heterocycles. The summed E-state index contributed by atoms with van der Waals surface area (Å²) in [6.45, 7) is 4.03. The summed E-state index contributed by atoms with van der Waals surface area (Å²) in [6.07, 6.45) is 0. The molecule has 0 bridgehead atoms. The van der Waals surface area contributed by atoms with Gasteiger partial charge in [-0.3, -0.25) is 4.68 Å². The highest BCUT2D eigenvalue weighted by Crippen LogP contribution is 2.19. The van der Waals surface area contributed by atoms with Crippen molar-refractivity contribution in [1.82, 2.24) is 9.78 Å². The molecule has 0 saturated carbocycles. The number of rotatable bonds is 3. The van der Waals surface area contributed by atoms with E-state index in [1.165, 1.54) is 12.1 Å². The summed E-state index contributed by atoms with van der Waals surface area (Å²) in [5.74, 6) is -0.648. The lowest BCUT2D eigenvalue weighted by molar-refractivity contribution is 0.423. The van der Waals surface area contributed by atoms with Crippen LogP contribution in [-0.2, 0) is 6.54 Å². The van der Waals surface area contributed by atoms with E-state index >= 15 is 0 Å². The molecule has 0 radical (unpaired) electrons. The van der Waals surface area contributed by atoms with Crippen LogP contribution in [-0.4, -0.2) is 26.9 Å². The first kappa shape index (κ1) is 14.1. The van der Waals surface area contributed by atoms with Gasteiger partial charge in [0.15, 0.2) is 0 Å². The van der Waals surface area contributed by atoms with Crippen LogP contribution in [0, 0.1) is 19.7 Å². The normalized spacial score (nSPS) is 10.8. The summed E-state index contributed by atoms with van der Waals surface area (Å²) in [5.41, 5.74) is 2.11. The van der Waals surface area contributed by atoms with Crippen molar-refractivity contribution in [3.05, 3.63) is 46.0 Å². The number of hydrogen-bond donors (Lipinski definition) is 2. The highest BCUT2D eigenvalue weighted by Gasteiger charge is 2.17. The molecule has 100 valence electrons.